The highest BCUT2D eigenvalue weighted by Crippen LogP contribution is 2.38. The number of rotatable bonds is 2. The van der Waals surface area contributed by atoms with Crippen molar-refractivity contribution >= 4 is 15.8 Å². The van der Waals surface area contributed by atoms with Gasteiger partial charge in [-0.3, -0.25) is 0 Å². The molecule has 17 heavy (non-hydrogen) atoms. The maximum Gasteiger partial charge on any atom is 0.335 e. The number of sulfone groups is 1. The van der Waals surface area contributed by atoms with Crippen LogP contribution in [0.25, 0.3) is 0 Å². The van der Waals surface area contributed by atoms with Gasteiger partial charge in [0, 0.05) is 0 Å². The topological polar surface area (TPSA) is 71.4 Å². The number of benzene rings is 1. The van der Waals surface area contributed by atoms with Gasteiger partial charge in [-0.2, -0.15) is 0 Å². The standard InChI is InChI=1S/C12H14O4S/c1-3-8-6-17(15,16)11-5-9(12(13)14)7(2)4-10(8)11/h4-5,8H,3,6H2,1-2H3,(H,13,14). The van der Waals surface area contributed by atoms with Gasteiger partial charge in [0.15, 0.2) is 9.84 Å². The van der Waals surface area contributed by atoms with Crippen LogP contribution in [0.1, 0.15) is 40.7 Å². The lowest BCUT2D eigenvalue weighted by atomic mass is 9.95. The van der Waals surface area contributed by atoms with E-state index in [0.717, 1.165) is 12.0 Å². The minimum absolute atomic E-state index is 0.00320. The molecule has 4 nitrogen and oxygen atoms in total. The first kappa shape index (κ1) is 12.1. The number of hydrogen-bond acceptors (Lipinski definition) is 3. The molecule has 1 aliphatic rings. The van der Waals surface area contributed by atoms with Crippen LogP contribution in [-0.4, -0.2) is 25.2 Å². The predicted molar refractivity (Wildman–Crippen MR) is 63.2 cm³/mol. The van der Waals surface area contributed by atoms with Crippen LogP contribution in [0.5, 0.6) is 0 Å². The van der Waals surface area contributed by atoms with E-state index >= 15 is 0 Å². The molecule has 92 valence electrons. The summed E-state index contributed by atoms with van der Waals surface area (Å²) in [7, 11) is -3.30. The zero-order valence-corrected chi connectivity index (χ0v) is 10.5. The molecule has 0 aromatic heterocycles. The fraction of sp³-hybridized carbons (Fsp3) is 0.417. The molecule has 0 fully saturated rings. The van der Waals surface area contributed by atoms with Gasteiger partial charge >= 0.3 is 5.97 Å². The molecule has 1 N–H and O–H groups in total. The molecule has 0 amide bonds. The number of fused-ring (bicyclic) bond motifs is 1. The highest BCUT2D eigenvalue weighted by Gasteiger charge is 2.34. The van der Waals surface area contributed by atoms with Gasteiger partial charge in [-0.15, -0.1) is 0 Å². The second-order valence-corrected chi connectivity index (χ2v) is 6.40. The molecular weight excluding hydrogens is 240 g/mol. The van der Waals surface area contributed by atoms with Crippen LogP contribution >= 0.6 is 0 Å². The summed E-state index contributed by atoms with van der Waals surface area (Å²) in [5, 5.41) is 9.00. The summed E-state index contributed by atoms with van der Waals surface area (Å²) in [5.74, 6) is -0.988. The molecule has 1 atom stereocenters. The first-order valence-corrected chi connectivity index (χ1v) is 7.12. The van der Waals surface area contributed by atoms with Crippen molar-refractivity contribution in [1.82, 2.24) is 0 Å². The van der Waals surface area contributed by atoms with E-state index in [2.05, 4.69) is 0 Å². The lowest BCUT2D eigenvalue weighted by molar-refractivity contribution is 0.0696. The van der Waals surface area contributed by atoms with Crippen molar-refractivity contribution in [3.63, 3.8) is 0 Å². The first-order chi connectivity index (χ1) is 7.86. The summed E-state index contributed by atoms with van der Waals surface area (Å²) in [6.07, 6.45) is 0.748. The van der Waals surface area contributed by atoms with Crippen LogP contribution in [-0.2, 0) is 9.84 Å². The van der Waals surface area contributed by atoms with Crippen molar-refractivity contribution in [3.8, 4) is 0 Å². The van der Waals surface area contributed by atoms with E-state index in [0.29, 0.717) is 5.56 Å². The summed E-state index contributed by atoms with van der Waals surface area (Å²) >= 11 is 0. The first-order valence-electron chi connectivity index (χ1n) is 5.47. The maximum atomic E-state index is 11.9. The Bertz CT molecular complexity index is 587. The second kappa shape index (κ2) is 3.84. The molecule has 2 rings (SSSR count). The Hall–Kier alpha value is -1.36. The van der Waals surface area contributed by atoms with E-state index in [9.17, 15) is 13.2 Å². The summed E-state index contributed by atoms with van der Waals surface area (Å²) in [4.78, 5) is 11.2. The third-order valence-corrected chi connectivity index (χ3v) is 5.14. The van der Waals surface area contributed by atoms with Gasteiger partial charge in [-0.05, 0) is 36.5 Å². The highest BCUT2D eigenvalue weighted by atomic mass is 32.2. The van der Waals surface area contributed by atoms with E-state index in [1.54, 1.807) is 13.0 Å². The Labute approximate surface area is 100 Å². The molecule has 1 aliphatic heterocycles. The van der Waals surface area contributed by atoms with Crippen LogP contribution in [0.4, 0.5) is 0 Å². The lowest BCUT2D eigenvalue weighted by Gasteiger charge is -2.08. The number of carbonyl (C=O) groups is 1. The molecule has 0 aliphatic carbocycles. The van der Waals surface area contributed by atoms with Crippen LogP contribution in [0.2, 0.25) is 0 Å². The summed E-state index contributed by atoms with van der Waals surface area (Å²) < 4.78 is 23.8. The number of aryl methyl sites for hydroxylation is 1. The van der Waals surface area contributed by atoms with Crippen molar-refractivity contribution in [2.45, 2.75) is 31.1 Å². The van der Waals surface area contributed by atoms with Crippen LogP contribution < -0.4 is 0 Å². The molecule has 0 radical (unpaired) electrons. The largest absolute Gasteiger partial charge is 0.478 e. The van der Waals surface area contributed by atoms with Crippen LogP contribution in [0.15, 0.2) is 17.0 Å². The quantitative estimate of drug-likeness (QED) is 0.875. The monoisotopic (exact) mass is 254 g/mol. The highest BCUT2D eigenvalue weighted by molar-refractivity contribution is 7.91. The van der Waals surface area contributed by atoms with E-state index in [-0.39, 0.29) is 22.1 Å². The third kappa shape index (κ3) is 1.84. The van der Waals surface area contributed by atoms with E-state index in [1.807, 2.05) is 6.92 Å². The lowest BCUT2D eigenvalue weighted by Crippen LogP contribution is -2.04. The normalized spacial score (nSPS) is 21.2. The summed E-state index contributed by atoms with van der Waals surface area (Å²) in [6, 6.07) is 3.01. The average Bonchev–Trinajstić information content (AvgIpc) is 2.48. The minimum atomic E-state index is -3.30. The Morgan fingerprint density at radius 2 is 2.12 bits per heavy atom. The fourth-order valence-corrected chi connectivity index (χ4v) is 4.32. The zero-order chi connectivity index (χ0) is 12.8. The minimum Gasteiger partial charge on any atom is -0.478 e. The summed E-state index contributed by atoms with van der Waals surface area (Å²) in [5.41, 5.74) is 1.46. The smallest absolute Gasteiger partial charge is 0.335 e. The fourth-order valence-electron chi connectivity index (χ4n) is 2.31. The van der Waals surface area contributed by atoms with Crippen molar-refractivity contribution < 1.29 is 18.3 Å². The molecule has 1 aromatic carbocycles. The number of hydrogen-bond donors (Lipinski definition) is 1. The number of carboxylic acids is 1. The average molecular weight is 254 g/mol. The van der Waals surface area contributed by atoms with Gasteiger partial charge in [-0.25, -0.2) is 13.2 Å². The number of aromatic carboxylic acids is 1. The zero-order valence-electron chi connectivity index (χ0n) is 9.73. The van der Waals surface area contributed by atoms with Gasteiger partial charge in [0.05, 0.1) is 16.2 Å². The summed E-state index contributed by atoms with van der Waals surface area (Å²) in [6.45, 7) is 3.64. The van der Waals surface area contributed by atoms with Crippen molar-refractivity contribution in [1.29, 1.82) is 0 Å². The van der Waals surface area contributed by atoms with Crippen molar-refractivity contribution in [3.05, 3.63) is 28.8 Å². The van der Waals surface area contributed by atoms with Crippen molar-refractivity contribution in [2.75, 3.05) is 5.75 Å². The van der Waals surface area contributed by atoms with Gasteiger partial charge in [0.2, 0.25) is 0 Å². The third-order valence-electron chi connectivity index (χ3n) is 3.28. The molecule has 0 saturated carbocycles. The Balaban J connectivity index is 2.71. The molecule has 1 heterocycles. The molecule has 0 bridgehead atoms. The van der Waals surface area contributed by atoms with Gasteiger partial charge < -0.3 is 5.11 Å². The molecule has 5 heteroatoms. The van der Waals surface area contributed by atoms with Gasteiger partial charge in [0.1, 0.15) is 0 Å². The van der Waals surface area contributed by atoms with Crippen LogP contribution in [0, 0.1) is 6.92 Å². The van der Waals surface area contributed by atoms with Crippen LogP contribution in [0.3, 0.4) is 0 Å². The SMILES string of the molecule is CCC1CS(=O)(=O)c2cc(C(=O)O)c(C)cc21. The Morgan fingerprint density at radius 3 is 2.65 bits per heavy atom. The molecular formula is C12H14O4S. The maximum absolute atomic E-state index is 11.9. The molecule has 1 unspecified atom stereocenters. The number of carboxylic acid groups (broad SMARTS) is 1. The van der Waals surface area contributed by atoms with Gasteiger partial charge in [0.25, 0.3) is 0 Å². The molecule has 0 saturated heterocycles. The molecule has 0 spiro atoms. The van der Waals surface area contributed by atoms with E-state index in [4.69, 9.17) is 5.11 Å². The predicted octanol–water partition coefficient (Wildman–Crippen LogP) is 1.97. The Morgan fingerprint density at radius 1 is 1.47 bits per heavy atom. The second-order valence-electron chi connectivity index (χ2n) is 4.40. The van der Waals surface area contributed by atoms with E-state index in [1.165, 1.54) is 6.07 Å². The van der Waals surface area contributed by atoms with E-state index < -0.39 is 15.8 Å². The Kier molecular flexibility index (Phi) is 2.73. The van der Waals surface area contributed by atoms with Crippen molar-refractivity contribution in [2.24, 2.45) is 0 Å². The molecule has 1 aromatic rings. The van der Waals surface area contributed by atoms with Gasteiger partial charge in [-0.1, -0.05) is 13.0 Å².